The van der Waals surface area contributed by atoms with Gasteiger partial charge < -0.3 is 4.90 Å². The SMILES string of the molecule is CCN(CC)C(=O)c1ccc(S(=O)(=O)c2ccc(F)cc2)c([N+](=O)[O-])c1. The molecule has 0 saturated heterocycles. The van der Waals surface area contributed by atoms with Crippen LogP contribution in [0.15, 0.2) is 52.3 Å². The number of nitrogens with zero attached hydrogens (tertiary/aromatic N) is 2. The quantitative estimate of drug-likeness (QED) is 0.436. The van der Waals surface area contributed by atoms with E-state index >= 15 is 0 Å². The summed E-state index contributed by atoms with van der Waals surface area (Å²) in [5.74, 6) is -1.05. The Bertz CT molecular complexity index is 938. The molecule has 1 amide bonds. The Morgan fingerprint density at radius 3 is 2.19 bits per heavy atom. The van der Waals surface area contributed by atoms with Crippen molar-refractivity contribution in [1.29, 1.82) is 0 Å². The summed E-state index contributed by atoms with van der Waals surface area (Å²) in [4.78, 5) is 23.5. The molecule has 2 aromatic rings. The van der Waals surface area contributed by atoms with Crippen molar-refractivity contribution >= 4 is 21.4 Å². The van der Waals surface area contributed by atoms with Crippen LogP contribution in [0.4, 0.5) is 10.1 Å². The summed E-state index contributed by atoms with van der Waals surface area (Å²) < 4.78 is 38.4. The van der Waals surface area contributed by atoms with Gasteiger partial charge in [-0.2, -0.15) is 0 Å². The van der Waals surface area contributed by atoms with Gasteiger partial charge in [-0.05, 0) is 50.2 Å². The van der Waals surface area contributed by atoms with Crippen LogP contribution in [0.5, 0.6) is 0 Å². The Balaban J connectivity index is 2.58. The zero-order valence-corrected chi connectivity index (χ0v) is 15.0. The Kier molecular flexibility index (Phi) is 5.71. The lowest BCUT2D eigenvalue weighted by Gasteiger charge is -2.18. The first-order chi connectivity index (χ1) is 12.2. The molecule has 26 heavy (non-hydrogen) atoms. The highest BCUT2D eigenvalue weighted by atomic mass is 32.2. The number of rotatable bonds is 6. The van der Waals surface area contributed by atoms with Gasteiger partial charge in [-0.15, -0.1) is 0 Å². The van der Waals surface area contributed by atoms with E-state index in [0.29, 0.717) is 13.1 Å². The molecule has 0 aliphatic heterocycles. The molecule has 0 aromatic heterocycles. The number of nitro benzene ring substituents is 1. The van der Waals surface area contributed by atoms with Crippen molar-refractivity contribution < 1.29 is 22.5 Å². The summed E-state index contributed by atoms with van der Waals surface area (Å²) in [5, 5.41) is 11.4. The van der Waals surface area contributed by atoms with E-state index in [1.165, 1.54) is 11.0 Å². The molecule has 0 atom stereocenters. The van der Waals surface area contributed by atoms with E-state index < -0.39 is 37.1 Å². The van der Waals surface area contributed by atoms with E-state index in [2.05, 4.69) is 0 Å². The molecule has 2 aromatic carbocycles. The third-order valence-electron chi connectivity index (χ3n) is 3.87. The minimum absolute atomic E-state index is 0.0263. The van der Waals surface area contributed by atoms with Gasteiger partial charge in [0.2, 0.25) is 9.84 Å². The van der Waals surface area contributed by atoms with E-state index in [0.717, 1.165) is 36.4 Å². The second-order valence-corrected chi connectivity index (χ2v) is 7.29. The van der Waals surface area contributed by atoms with Gasteiger partial charge in [0, 0.05) is 24.7 Å². The Hall–Kier alpha value is -2.81. The minimum Gasteiger partial charge on any atom is -0.339 e. The topological polar surface area (TPSA) is 97.6 Å². The van der Waals surface area contributed by atoms with Crippen molar-refractivity contribution in [2.24, 2.45) is 0 Å². The summed E-state index contributed by atoms with van der Waals surface area (Å²) in [6.45, 7) is 4.36. The van der Waals surface area contributed by atoms with Gasteiger partial charge in [0.25, 0.3) is 11.6 Å². The van der Waals surface area contributed by atoms with Crippen molar-refractivity contribution in [3.63, 3.8) is 0 Å². The summed E-state index contributed by atoms with van der Waals surface area (Å²) in [7, 11) is -4.24. The predicted molar refractivity (Wildman–Crippen MR) is 92.2 cm³/mol. The molecule has 0 radical (unpaired) electrons. The van der Waals surface area contributed by atoms with E-state index in [1.807, 2.05) is 0 Å². The van der Waals surface area contributed by atoms with Gasteiger partial charge in [0.1, 0.15) is 10.7 Å². The van der Waals surface area contributed by atoms with Gasteiger partial charge in [0.05, 0.1) is 9.82 Å². The molecule has 0 fully saturated rings. The van der Waals surface area contributed by atoms with Crippen molar-refractivity contribution in [3.8, 4) is 0 Å². The highest BCUT2D eigenvalue weighted by molar-refractivity contribution is 7.91. The second kappa shape index (κ2) is 7.61. The number of sulfone groups is 1. The first-order valence-electron chi connectivity index (χ1n) is 7.80. The monoisotopic (exact) mass is 380 g/mol. The molecule has 0 heterocycles. The third-order valence-corrected chi connectivity index (χ3v) is 5.68. The van der Waals surface area contributed by atoms with Crippen LogP contribution in [0, 0.1) is 15.9 Å². The largest absolute Gasteiger partial charge is 0.339 e. The molecule has 0 spiro atoms. The molecule has 0 N–H and O–H groups in total. The molecule has 2 rings (SSSR count). The van der Waals surface area contributed by atoms with E-state index in [9.17, 15) is 27.7 Å². The van der Waals surface area contributed by atoms with Crippen molar-refractivity contribution in [3.05, 3.63) is 64.0 Å². The number of benzene rings is 2. The predicted octanol–water partition coefficient (Wildman–Crippen LogP) is 3.05. The van der Waals surface area contributed by atoms with Crippen LogP contribution < -0.4 is 0 Å². The van der Waals surface area contributed by atoms with Crippen LogP contribution >= 0.6 is 0 Å². The maximum atomic E-state index is 13.0. The first kappa shape index (κ1) is 19.5. The highest BCUT2D eigenvalue weighted by Gasteiger charge is 2.29. The summed E-state index contributed by atoms with van der Waals surface area (Å²) in [6, 6.07) is 7.20. The van der Waals surface area contributed by atoms with Gasteiger partial charge >= 0.3 is 0 Å². The van der Waals surface area contributed by atoms with Gasteiger partial charge in [-0.25, -0.2) is 12.8 Å². The van der Waals surface area contributed by atoms with Crippen molar-refractivity contribution in [1.82, 2.24) is 4.90 Å². The molecular weight excluding hydrogens is 363 g/mol. The van der Waals surface area contributed by atoms with Gasteiger partial charge in [-0.3, -0.25) is 14.9 Å². The molecule has 7 nitrogen and oxygen atoms in total. The van der Waals surface area contributed by atoms with E-state index in [4.69, 9.17) is 0 Å². The Morgan fingerprint density at radius 1 is 1.12 bits per heavy atom. The number of nitro groups is 1. The van der Waals surface area contributed by atoms with Crippen LogP contribution in [0.1, 0.15) is 24.2 Å². The van der Waals surface area contributed by atoms with Gasteiger partial charge in [0.15, 0.2) is 0 Å². The average Bonchev–Trinajstić information content (AvgIpc) is 2.62. The van der Waals surface area contributed by atoms with Gasteiger partial charge in [-0.1, -0.05) is 0 Å². The van der Waals surface area contributed by atoms with Crippen LogP contribution in [0.2, 0.25) is 0 Å². The number of halogens is 1. The molecular formula is C17H17FN2O5S. The number of hydrogen-bond donors (Lipinski definition) is 0. The first-order valence-corrected chi connectivity index (χ1v) is 9.29. The maximum Gasteiger partial charge on any atom is 0.289 e. The average molecular weight is 380 g/mol. The van der Waals surface area contributed by atoms with Crippen LogP contribution in [0.25, 0.3) is 0 Å². The van der Waals surface area contributed by atoms with Crippen LogP contribution in [0.3, 0.4) is 0 Å². The normalized spacial score (nSPS) is 11.2. The lowest BCUT2D eigenvalue weighted by molar-refractivity contribution is -0.387. The number of amides is 1. The smallest absolute Gasteiger partial charge is 0.289 e. The standard InChI is InChI=1S/C17H17FN2O5S/c1-3-19(4-2)17(21)12-5-10-16(15(11-12)20(22)23)26(24,25)14-8-6-13(18)7-9-14/h5-11H,3-4H2,1-2H3. The van der Waals surface area contributed by atoms with E-state index in [1.54, 1.807) is 13.8 Å². The fourth-order valence-corrected chi connectivity index (χ4v) is 3.86. The summed E-state index contributed by atoms with van der Waals surface area (Å²) in [6.07, 6.45) is 0. The number of hydrogen-bond acceptors (Lipinski definition) is 5. The zero-order valence-electron chi connectivity index (χ0n) is 14.2. The third kappa shape index (κ3) is 3.72. The fraction of sp³-hybridized carbons (Fsp3) is 0.235. The second-order valence-electron chi connectivity index (χ2n) is 5.37. The maximum absolute atomic E-state index is 13.0. The lowest BCUT2D eigenvalue weighted by atomic mass is 10.1. The van der Waals surface area contributed by atoms with Crippen LogP contribution in [-0.2, 0) is 9.84 Å². The summed E-state index contributed by atoms with van der Waals surface area (Å²) >= 11 is 0. The van der Waals surface area contributed by atoms with Crippen molar-refractivity contribution in [2.75, 3.05) is 13.1 Å². The molecule has 0 aliphatic rings. The minimum atomic E-state index is -4.24. The van der Waals surface area contributed by atoms with E-state index in [-0.39, 0.29) is 10.5 Å². The molecule has 0 bridgehead atoms. The Labute approximate surface area is 150 Å². The van der Waals surface area contributed by atoms with Crippen molar-refractivity contribution in [2.45, 2.75) is 23.6 Å². The summed E-state index contributed by atoms with van der Waals surface area (Å²) in [5.41, 5.74) is -0.675. The fourth-order valence-electron chi connectivity index (χ4n) is 2.45. The highest BCUT2D eigenvalue weighted by Crippen LogP contribution is 2.30. The molecule has 0 aliphatic carbocycles. The molecule has 9 heteroatoms. The number of carbonyl (C=O) groups is 1. The zero-order chi connectivity index (χ0) is 19.5. The molecule has 0 saturated carbocycles. The van der Waals surface area contributed by atoms with Crippen LogP contribution in [-0.4, -0.2) is 37.2 Å². The molecule has 138 valence electrons. The Morgan fingerprint density at radius 2 is 1.69 bits per heavy atom. The molecule has 0 unspecified atom stereocenters. The lowest BCUT2D eigenvalue weighted by Crippen LogP contribution is -2.30. The number of carbonyl (C=O) groups excluding carboxylic acids is 1.